The summed E-state index contributed by atoms with van der Waals surface area (Å²) in [7, 11) is 0. The number of amides is 1. The number of hydrogen-bond acceptors (Lipinski definition) is 6. The quantitative estimate of drug-likeness (QED) is 0.647. The van der Waals surface area contributed by atoms with Crippen LogP contribution in [-0.2, 0) is 0 Å². The minimum absolute atomic E-state index is 0.00690. The van der Waals surface area contributed by atoms with Gasteiger partial charge >= 0.3 is 0 Å². The van der Waals surface area contributed by atoms with Crippen molar-refractivity contribution in [2.75, 3.05) is 6.54 Å². The second kappa shape index (κ2) is 8.06. The molecule has 6 rings (SSSR count). The highest BCUT2D eigenvalue weighted by Gasteiger charge is 2.45. The molecule has 7 heteroatoms. The number of carbonyl (C=O) groups excluding carboxylic acids is 1. The van der Waals surface area contributed by atoms with E-state index in [-0.39, 0.29) is 18.1 Å². The summed E-state index contributed by atoms with van der Waals surface area (Å²) in [6, 6.07) is 9.44. The molecular weight excluding hydrogens is 390 g/mol. The van der Waals surface area contributed by atoms with Crippen LogP contribution in [0.15, 0.2) is 48.9 Å². The van der Waals surface area contributed by atoms with E-state index in [1.807, 2.05) is 49.2 Å². The highest BCUT2D eigenvalue weighted by molar-refractivity contribution is 5.98. The molecule has 3 aromatic rings. The fourth-order valence-electron chi connectivity index (χ4n) is 4.65. The molecule has 3 fully saturated rings. The van der Waals surface area contributed by atoms with Gasteiger partial charge in [-0.25, -0.2) is 19.9 Å². The van der Waals surface area contributed by atoms with Crippen molar-refractivity contribution in [1.82, 2.24) is 24.8 Å². The maximum atomic E-state index is 13.7. The number of rotatable bonds is 4. The summed E-state index contributed by atoms with van der Waals surface area (Å²) in [4.78, 5) is 33.3. The van der Waals surface area contributed by atoms with Gasteiger partial charge in [0.05, 0.1) is 11.6 Å². The summed E-state index contributed by atoms with van der Waals surface area (Å²) in [6.07, 6.45) is 8.09. The minimum atomic E-state index is -0.0778. The molecule has 5 heterocycles. The number of hydrogen-bond donors (Lipinski definition) is 0. The van der Waals surface area contributed by atoms with Gasteiger partial charge in [-0.3, -0.25) is 4.79 Å². The van der Waals surface area contributed by atoms with Crippen LogP contribution in [0.3, 0.4) is 0 Å². The van der Waals surface area contributed by atoms with Crippen molar-refractivity contribution in [2.24, 2.45) is 5.92 Å². The topological polar surface area (TPSA) is 81.1 Å². The van der Waals surface area contributed by atoms with Crippen LogP contribution in [0.2, 0.25) is 0 Å². The number of fused-ring (bicyclic) bond motifs is 3. The third-order valence-electron chi connectivity index (χ3n) is 6.18. The van der Waals surface area contributed by atoms with Gasteiger partial charge in [0.25, 0.3) is 5.91 Å². The Morgan fingerprint density at radius 1 is 1.06 bits per heavy atom. The zero-order valence-electron chi connectivity index (χ0n) is 17.7. The van der Waals surface area contributed by atoms with E-state index in [0.29, 0.717) is 28.9 Å². The maximum absolute atomic E-state index is 13.7. The number of carbonyl (C=O) groups is 1. The molecule has 7 nitrogen and oxygen atoms in total. The molecule has 0 spiro atoms. The van der Waals surface area contributed by atoms with Gasteiger partial charge in [-0.1, -0.05) is 6.07 Å². The van der Waals surface area contributed by atoms with E-state index in [0.717, 1.165) is 37.1 Å². The van der Waals surface area contributed by atoms with Crippen molar-refractivity contribution in [3.8, 4) is 17.3 Å². The van der Waals surface area contributed by atoms with E-state index >= 15 is 0 Å². The summed E-state index contributed by atoms with van der Waals surface area (Å²) < 4.78 is 6.25. The van der Waals surface area contributed by atoms with E-state index < -0.39 is 0 Å². The highest BCUT2D eigenvalue weighted by atomic mass is 16.5. The molecule has 2 saturated heterocycles. The number of pyridine rings is 2. The Morgan fingerprint density at radius 2 is 1.90 bits per heavy atom. The van der Waals surface area contributed by atoms with Gasteiger partial charge < -0.3 is 9.64 Å². The first-order chi connectivity index (χ1) is 15.1. The second-order valence-corrected chi connectivity index (χ2v) is 8.46. The first kappa shape index (κ1) is 19.6. The summed E-state index contributed by atoms with van der Waals surface area (Å²) >= 11 is 0. The van der Waals surface area contributed by atoms with Gasteiger partial charge in [0.2, 0.25) is 5.88 Å². The number of aromatic nitrogens is 4. The summed E-state index contributed by atoms with van der Waals surface area (Å²) in [5.41, 5.74) is 2.96. The van der Waals surface area contributed by atoms with Crippen LogP contribution < -0.4 is 4.74 Å². The van der Waals surface area contributed by atoms with Crippen LogP contribution >= 0.6 is 0 Å². The molecule has 2 aliphatic heterocycles. The van der Waals surface area contributed by atoms with Crippen LogP contribution in [0.25, 0.3) is 11.4 Å². The molecule has 0 aromatic carbocycles. The third kappa shape index (κ3) is 3.87. The van der Waals surface area contributed by atoms with E-state index in [2.05, 4.69) is 19.9 Å². The Labute approximate surface area is 181 Å². The lowest BCUT2D eigenvalue weighted by Crippen LogP contribution is -2.59. The lowest BCUT2D eigenvalue weighted by Gasteiger charge is -2.49. The van der Waals surface area contributed by atoms with Gasteiger partial charge in [0, 0.05) is 36.9 Å². The lowest BCUT2D eigenvalue weighted by atomic mass is 9.77. The van der Waals surface area contributed by atoms with Crippen molar-refractivity contribution >= 4 is 5.91 Å². The van der Waals surface area contributed by atoms with Gasteiger partial charge in [-0.15, -0.1) is 0 Å². The molecule has 1 aliphatic carbocycles. The molecule has 0 radical (unpaired) electrons. The molecule has 3 atom stereocenters. The van der Waals surface area contributed by atoms with Gasteiger partial charge in [-0.2, -0.15) is 0 Å². The fourth-order valence-corrected chi connectivity index (χ4v) is 4.65. The lowest BCUT2D eigenvalue weighted by molar-refractivity contribution is -0.0315. The molecule has 2 bridgehead atoms. The molecule has 158 valence electrons. The molecule has 3 aliphatic rings. The predicted molar refractivity (Wildman–Crippen MR) is 116 cm³/mol. The Hall–Kier alpha value is -3.35. The number of aryl methyl sites for hydroxylation is 2. The zero-order valence-corrected chi connectivity index (χ0v) is 17.7. The smallest absolute Gasteiger partial charge is 0.273 e. The van der Waals surface area contributed by atoms with Crippen LogP contribution in [0.4, 0.5) is 0 Å². The van der Waals surface area contributed by atoms with Crippen molar-refractivity contribution in [2.45, 2.75) is 45.3 Å². The number of nitrogens with zero attached hydrogens (tertiary/aromatic N) is 5. The van der Waals surface area contributed by atoms with Crippen LogP contribution in [0.1, 0.15) is 41.0 Å². The maximum Gasteiger partial charge on any atom is 0.273 e. The van der Waals surface area contributed by atoms with E-state index in [1.165, 1.54) is 0 Å². The van der Waals surface area contributed by atoms with E-state index in [9.17, 15) is 4.79 Å². The normalized spacial score (nSPS) is 22.4. The molecule has 1 saturated carbocycles. The van der Waals surface area contributed by atoms with Crippen LogP contribution in [-0.4, -0.2) is 49.4 Å². The average Bonchev–Trinajstić information content (AvgIpc) is 2.81. The molecular formula is C24H25N5O2. The Kier molecular flexibility index (Phi) is 5.10. The first-order valence-corrected chi connectivity index (χ1v) is 10.7. The first-order valence-electron chi connectivity index (χ1n) is 10.7. The summed E-state index contributed by atoms with van der Waals surface area (Å²) in [6.45, 7) is 4.63. The second-order valence-electron chi connectivity index (χ2n) is 8.46. The van der Waals surface area contributed by atoms with Gasteiger partial charge in [-0.05, 0) is 62.8 Å². The fraction of sp³-hybridized carbons (Fsp3) is 0.375. The molecule has 31 heavy (non-hydrogen) atoms. The van der Waals surface area contributed by atoms with Gasteiger partial charge in [0.15, 0.2) is 5.82 Å². The van der Waals surface area contributed by atoms with Crippen molar-refractivity contribution in [1.29, 1.82) is 0 Å². The van der Waals surface area contributed by atoms with Crippen molar-refractivity contribution in [3.05, 3.63) is 65.9 Å². The Balaban J connectivity index is 1.44. The van der Waals surface area contributed by atoms with Crippen LogP contribution in [0.5, 0.6) is 5.88 Å². The summed E-state index contributed by atoms with van der Waals surface area (Å²) in [5, 5.41) is 0. The molecule has 0 N–H and O–H groups in total. The molecule has 1 amide bonds. The average molecular weight is 415 g/mol. The molecule has 3 unspecified atom stereocenters. The summed E-state index contributed by atoms with van der Waals surface area (Å²) in [5.74, 6) is 1.47. The Bertz CT molecular complexity index is 1090. The third-order valence-corrected chi connectivity index (χ3v) is 6.18. The number of piperidine rings is 2. The predicted octanol–water partition coefficient (Wildman–Crippen LogP) is 3.62. The molecule has 3 aromatic heterocycles. The zero-order chi connectivity index (χ0) is 21.4. The highest BCUT2D eigenvalue weighted by Crippen LogP contribution is 2.38. The SMILES string of the molecule is Cc1ccc(OC2CC3CCC2N(C(=O)c2nc(C)ccc2-c2ncccn2)C3)nc1. The van der Waals surface area contributed by atoms with Crippen molar-refractivity contribution in [3.63, 3.8) is 0 Å². The minimum Gasteiger partial charge on any atom is -0.472 e. The number of ether oxygens (including phenoxy) is 1. The van der Waals surface area contributed by atoms with E-state index in [4.69, 9.17) is 4.74 Å². The standard InChI is InChI=1S/C24H25N5O2/c1-15-4-9-21(27-13-15)31-20-12-17-6-8-19(20)29(14-17)24(30)22-18(7-5-16(2)28-22)23-25-10-3-11-26-23/h3-5,7,9-11,13,17,19-20H,6,8,12,14H2,1-2H3. The largest absolute Gasteiger partial charge is 0.472 e. The van der Waals surface area contributed by atoms with Crippen molar-refractivity contribution < 1.29 is 9.53 Å². The van der Waals surface area contributed by atoms with E-state index in [1.54, 1.807) is 18.5 Å². The Morgan fingerprint density at radius 3 is 2.65 bits per heavy atom. The van der Waals surface area contributed by atoms with Gasteiger partial charge in [0.1, 0.15) is 11.8 Å². The van der Waals surface area contributed by atoms with Crippen LogP contribution in [0, 0.1) is 19.8 Å². The monoisotopic (exact) mass is 415 g/mol.